The number of ether oxygens (including phenoxy) is 2. The van der Waals surface area contributed by atoms with Gasteiger partial charge >= 0.3 is 18.1 Å². The quantitative estimate of drug-likeness (QED) is 0.361. The van der Waals surface area contributed by atoms with Crippen molar-refractivity contribution in [2.24, 2.45) is 0 Å². The van der Waals surface area contributed by atoms with E-state index in [1.54, 1.807) is 57.2 Å². The molecule has 5 amide bonds. The Hall–Kier alpha value is -5.26. The number of halogens is 1. The summed E-state index contributed by atoms with van der Waals surface area (Å²) in [6, 6.07) is 16.3. The first-order valence-corrected chi connectivity index (χ1v) is 14.3. The first-order chi connectivity index (χ1) is 21.3. The highest BCUT2D eigenvalue weighted by molar-refractivity contribution is 6.08. The predicted molar refractivity (Wildman–Crippen MR) is 162 cm³/mol. The van der Waals surface area contributed by atoms with Crippen molar-refractivity contribution in [2.75, 3.05) is 23.8 Å². The molecule has 2 N–H and O–H groups in total. The normalized spacial score (nSPS) is 17.1. The number of hydrogen-bond donors (Lipinski definition) is 2. The van der Waals surface area contributed by atoms with Gasteiger partial charge in [-0.2, -0.15) is 0 Å². The third-order valence-electron chi connectivity index (χ3n) is 7.48. The van der Waals surface area contributed by atoms with Crippen molar-refractivity contribution >= 4 is 41.3 Å². The molecule has 2 aliphatic rings. The van der Waals surface area contributed by atoms with Gasteiger partial charge < -0.3 is 25.0 Å². The topological polar surface area (TPSA) is 134 Å². The number of carbonyl (C=O) groups excluding carboxylic acids is 5. The maximum absolute atomic E-state index is 13.9. The van der Waals surface area contributed by atoms with Crippen LogP contribution >= 0.6 is 0 Å². The highest BCUT2D eigenvalue weighted by atomic mass is 19.1. The van der Waals surface area contributed by atoms with Crippen LogP contribution in [0.5, 0.6) is 0 Å². The first-order valence-electron chi connectivity index (χ1n) is 14.3. The highest BCUT2D eigenvalue weighted by Crippen LogP contribution is 2.46. The van der Waals surface area contributed by atoms with Crippen LogP contribution in [0.3, 0.4) is 0 Å². The van der Waals surface area contributed by atoms with Gasteiger partial charge in [0.25, 0.3) is 5.91 Å². The van der Waals surface area contributed by atoms with E-state index in [0.29, 0.717) is 28.9 Å². The van der Waals surface area contributed by atoms with Gasteiger partial charge in [0.05, 0.1) is 12.1 Å². The van der Waals surface area contributed by atoms with E-state index in [0.717, 1.165) is 10.5 Å². The third-order valence-corrected chi connectivity index (χ3v) is 7.48. The second-order valence-corrected chi connectivity index (χ2v) is 11.8. The van der Waals surface area contributed by atoms with E-state index in [2.05, 4.69) is 10.6 Å². The molecular formula is C33H33FN4O7. The number of hydrogen-bond acceptors (Lipinski definition) is 7. The molecule has 3 aromatic rings. The maximum atomic E-state index is 13.9. The standard InChI is InChI=1S/C33H33FN4O7/c1-32(2,3)44-28(40)22-6-5-7-25(17-22)37(18-20-8-10-23(34)11-9-20)27(39)19-38-29(41)33(45-31(38)43)15-14-21-16-24(12-13-26(21)33)36-30(42)35-4/h5-13,16-17H,14-15,18-19H2,1-4H3,(H2,35,36,42)/t33-/m1/s1. The molecule has 0 saturated carbocycles. The number of nitrogens with one attached hydrogen (secondary N) is 2. The van der Waals surface area contributed by atoms with E-state index in [1.807, 2.05) is 0 Å². The zero-order valence-electron chi connectivity index (χ0n) is 25.3. The van der Waals surface area contributed by atoms with Crippen molar-refractivity contribution in [1.29, 1.82) is 0 Å². The van der Waals surface area contributed by atoms with Gasteiger partial charge in [0.2, 0.25) is 11.5 Å². The van der Waals surface area contributed by atoms with Crippen LogP contribution < -0.4 is 15.5 Å². The molecule has 1 aliphatic carbocycles. The monoisotopic (exact) mass is 616 g/mol. The van der Waals surface area contributed by atoms with Crippen LogP contribution in [0.15, 0.2) is 66.7 Å². The van der Waals surface area contributed by atoms with Gasteiger partial charge in [-0.25, -0.2) is 23.7 Å². The first kappa shape index (κ1) is 31.2. The Morgan fingerprint density at radius 2 is 1.78 bits per heavy atom. The molecule has 1 atom stereocenters. The van der Waals surface area contributed by atoms with Crippen molar-refractivity contribution in [1.82, 2.24) is 10.2 Å². The third kappa shape index (κ3) is 6.49. The number of imide groups is 1. The average Bonchev–Trinajstić information content (AvgIpc) is 3.47. The summed E-state index contributed by atoms with van der Waals surface area (Å²) in [5.41, 5.74) is 0.485. The van der Waals surface area contributed by atoms with Crippen LogP contribution in [0, 0.1) is 5.82 Å². The molecule has 234 valence electrons. The number of anilines is 2. The Morgan fingerprint density at radius 1 is 1.04 bits per heavy atom. The smallest absolute Gasteiger partial charge is 0.418 e. The van der Waals surface area contributed by atoms with Gasteiger partial charge in [-0.15, -0.1) is 0 Å². The Labute approximate surface area is 259 Å². The fourth-order valence-corrected chi connectivity index (χ4v) is 5.38. The number of benzene rings is 3. The Balaban J connectivity index is 1.41. The summed E-state index contributed by atoms with van der Waals surface area (Å²) in [6.45, 7) is 4.54. The number of carbonyl (C=O) groups is 5. The van der Waals surface area contributed by atoms with Crippen LogP contribution in [-0.2, 0) is 37.6 Å². The molecule has 0 radical (unpaired) electrons. The van der Waals surface area contributed by atoms with Gasteiger partial charge in [0.1, 0.15) is 18.0 Å². The number of esters is 1. The van der Waals surface area contributed by atoms with E-state index < -0.39 is 53.5 Å². The molecule has 1 saturated heterocycles. The van der Waals surface area contributed by atoms with Crippen molar-refractivity contribution in [3.8, 4) is 0 Å². The number of aryl methyl sites for hydroxylation is 1. The molecule has 11 nitrogen and oxygen atoms in total. The van der Waals surface area contributed by atoms with Crippen LogP contribution in [-0.4, -0.2) is 54.0 Å². The summed E-state index contributed by atoms with van der Waals surface area (Å²) in [5.74, 6) is -2.35. The zero-order chi connectivity index (χ0) is 32.5. The van der Waals surface area contributed by atoms with Crippen LogP contribution in [0.25, 0.3) is 0 Å². The van der Waals surface area contributed by atoms with Gasteiger partial charge in [-0.1, -0.05) is 24.3 Å². The number of fused-ring (bicyclic) bond motifs is 2. The van der Waals surface area contributed by atoms with Gasteiger partial charge in [-0.3, -0.25) is 9.59 Å². The van der Waals surface area contributed by atoms with E-state index in [9.17, 15) is 28.4 Å². The lowest BCUT2D eigenvalue weighted by Crippen LogP contribution is -2.44. The second kappa shape index (κ2) is 12.0. The number of rotatable bonds is 7. The molecule has 0 bridgehead atoms. The molecule has 3 aromatic carbocycles. The molecular weight excluding hydrogens is 583 g/mol. The fraction of sp³-hybridized carbons (Fsp3) is 0.303. The molecule has 12 heteroatoms. The minimum Gasteiger partial charge on any atom is -0.456 e. The highest BCUT2D eigenvalue weighted by Gasteiger charge is 2.58. The summed E-state index contributed by atoms with van der Waals surface area (Å²) in [4.78, 5) is 67.4. The van der Waals surface area contributed by atoms with E-state index in [4.69, 9.17) is 9.47 Å². The van der Waals surface area contributed by atoms with Crippen LogP contribution in [0.1, 0.15) is 54.2 Å². The van der Waals surface area contributed by atoms with Gasteiger partial charge in [-0.05, 0) is 80.8 Å². The molecule has 0 aromatic heterocycles. The van der Waals surface area contributed by atoms with E-state index in [-0.39, 0.29) is 18.5 Å². The molecule has 1 spiro atoms. The molecule has 5 rings (SSSR count). The Bertz CT molecular complexity index is 1680. The lowest BCUT2D eigenvalue weighted by atomic mass is 9.94. The van der Waals surface area contributed by atoms with Crippen molar-refractivity contribution in [2.45, 2.75) is 51.4 Å². The average molecular weight is 617 g/mol. The number of nitrogens with zero attached hydrogens (tertiary/aromatic N) is 2. The lowest BCUT2D eigenvalue weighted by Gasteiger charge is -2.26. The van der Waals surface area contributed by atoms with Crippen molar-refractivity contribution in [3.05, 3.63) is 94.8 Å². The van der Waals surface area contributed by atoms with Crippen LogP contribution in [0.2, 0.25) is 0 Å². The van der Waals surface area contributed by atoms with Crippen molar-refractivity contribution in [3.63, 3.8) is 0 Å². The summed E-state index contributed by atoms with van der Waals surface area (Å²) < 4.78 is 24.8. The maximum Gasteiger partial charge on any atom is 0.418 e. The summed E-state index contributed by atoms with van der Waals surface area (Å²) in [5, 5.41) is 5.14. The van der Waals surface area contributed by atoms with Crippen molar-refractivity contribution < 1.29 is 37.8 Å². The molecule has 1 heterocycles. The minimum absolute atomic E-state index is 0.0386. The molecule has 1 aliphatic heterocycles. The largest absolute Gasteiger partial charge is 0.456 e. The van der Waals surface area contributed by atoms with E-state index in [1.165, 1.54) is 42.3 Å². The Kier molecular flexibility index (Phi) is 8.33. The van der Waals surface area contributed by atoms with Gasteiger partial charge in [0, 0.05) is 30.4 Å². The van der Waals surface area contributed by atoms with E-state index >= 15 is 0 Å². The fourth-order valence-electron chi connectivity index (χ4n) is 5.38. The van der Waals surface area contributed by atoms with Crippen LogP contribution in [0.4, 0.5) is 25.4 Å². The molecule has 1 fully saturated rings. The molecule has 0 unspecified atom stereocenters. The SMILES string of the molecule is CNC(=O)Nc1ccc2c(c1)CC[C@@]21OC(=O)N(CC(=O)N(Cc2ccc(F)cc2)c2cccc(C(=O)OC(C)(C)C)c2)C1=O. The summed E-state index contributed by atoms with van der Waals surface area (Å²) >= 11 is 0. The summed E-state index contributed by atoms with van der Waals surface area (Å²) in [7, 11) is 1.49. The van der Waals surface area contributed by atoms with Gasteiger partial charge in [0.15, 0.2) is 0 Å². The number of amides is 5. The zero-order valence-corrected chi connectivity index (χ0v) is 25.3. The summed E-state index contributed by atoms with van der Waals surface area (Å²) in [6.07, 6.45) is -0.371. The second-order valence-electron chi connectivity index (χ2n) is 11.8. The predicted octanol–water partition coefficient (Wildman–Crippen LogP) is 4.89. The minimum atomic E-state index is -1.59. The number of urea groups is 1. The lowest BCUT2D eigenvalue weighted by molar-refractivity contribution is -0.139. The Morgan fingerprint density at radius 3 is 2.47 bits per heavy atom. The molecule has 45 heavy (non-hydrogen) atoms.